The number of ether oxygens (including phenoxy) is 2. The van der Waals surface area contributed by atoms with Gasteiger partial charge in [0.1, 0.15) is 12.8 Å². The summed E-state index contributed by atoms with van der Waals surface area (Å²) >= 11 is 0. The van der Waals surface area contributed by atoms with E-state index in [1.807, 2.05) is 6.92 Å². The molecule has 9 heteroatoms. The first-order chi connectivity index (χ1) is 9.10. The zero-order valence-electron chi connectivity index (χ0n) is 10.3. The maximum Gasteiger partial charge on any atom is 0.288 e. The van der Waals surface area contributed by atoms with Crippen molar-refractivity contribution >= 4 is 11.5 Å². The van der Waals surface area contributed by atoms with E-state index >= 15 is 0 Å². The first-order valence-electron chi connectivity index (χ1n) is 5.43. The summed E-state index contributed by atoms with van der Waals surface area (Å²) in [5.41, 5.74) is 5.19. The van der Waals surface area contributed by atoms with E-state index in [9.17, 15) is 10.1 Å². The molecule has 0 saturated carbocycles. The lowest BCUT2D eigenvalue weighted by Gasteiger charge is -2.09. The number of nitro groups is 1. The van der Waals surface area contributed by atoms with Crippen molar-refractivity contribution in [1.82, 2.24) is 4.98 Å². The van der Waals surface area contributed by atoms with Gasteiger partial charge in [-0.1, -0.05) is 5.16 Å². The molecule has 1 heterocycles. The molecule has 19 heavy (non-hydrogen) atoms. The molecule has 1 aromatic rings. The van der Waals surface area contributed by atoms with Gasteiger partial charge in [-0.15, -0.1) is 0 Å². The third-order valence-electron chi connectivity index (χ3n) is 2.10. The molecule has 0 aliphatic heterocycles. The van der Waals surface area contributed by atoms with Gasteiger partial charge in [-0.3, -0.25) is 10.1 Å². The Morgan fingerprint density at radius 2 is 2.37 bits per heavy atom. The number of amidine groups is 1. The van der Waals surface area contributed by atoms with Crippen molar-refractivity contribution in [2.75, 3.05) is 19.8 Å². The van der Waals surface area contributed by atoms with Gasteiger partial charge in [-0.05, 0) is 6.92 Å². The van der Waals surface area contributed by atoms with Crippen LogP contribution in [0.1, 0.15) is 12.5 Å². The molecule has 3 N–H and O–H groups in total. The highest BCUT2D eigenvalue weighted by Gasteiger charge is 2.16. The Morgan fingerprint density at radius 1 is 1.63 bits per heavy atom. The maximum absolute atomic E-state index is 10.6. The zero-order valence-corrected chi connectivity index (χ0v) is 10.3. The van der Waals surface area contributed by atoms with E-state index in [2.05, 4.69) is 10.1 Å². The molecule has 0 atom stereocenters. The summed E-state index contributed by atoms with van der Waals surface area (Å²) < 4.78 is 10.3. The lowest BCUT2D eigenvalue weighted by molar-refractivity contribution is -0.385. The molecule has 0 radical (unpaired) electrons. The number of aromatic nitrogens is 1. The molecule has 1 aromatic heterocycles. The number of oxime groups is 1. The predicted octanol–water partition coefficient (Wildman–Crippen LogP) is 0.500. The van der Waals surface area contributed by atoms with Crippen molar-refractivity contribution in [2.24, 2.45) is 10.9 Å². The molecule has 1 rings (SSSR count). The number of nitrogens with zero attached hydrogens (tertiary/aromatic N) is 3. The van der Waals surface area contributed by atoms with Crippen molar-refractivity contribution in [2.45, 2.75) is 6.92 Å². The quantitative estimate of drug-likeness (QED) is 0.184. The number of nitrogens with two attached hydrogens (primary N) is 1. The average Bonchev–Trinajstić information content (AvgIpc) is 2.42. The topological polar surface area (TPSA) is 133 Å². The second-order valence-electron chi connectivity index (χ2n) is 3.33. The largest absolute Gasteiger partial charge is 0.475 e. The number of pyridine rings is 1. The Labute approximate surface area is 108 Å². The highest BCUT2D eigenvalue weighted by atomic mass is 16.6. The van der Waals surface area contributed by atoms with Crippen molar-refractivity contribution in [1.29, 1.82) is 0 Å². The minimum Gasteiger partial charge on any atom is -0.475 e. The van der Waals surface area contributed by atoms with Crippen LogP contribution >= 0.6 is 0 Å². The standard InChI is InChI=1S/C10H14N4O5/c1-2-18-3-4-19-10-8(9(11)13-15)5-7(6-12-10)14(16)17/h5-6,15H,2-4H2,1H3,(H2,11,13). The number of hydrogen-bond acceptors (Lipinski definition) is 7. The van der Waals surface area contributed by atoms with E-state index in [0.717, 1.165) is 12.3 Å². The van der Waals surface area contributed by atoms with E-state index in [4.69, 9.17) is 20.4 Å². The number of hydrogen-bond donors (Lipinski definition) is 2. The highest BCUT2D eigenvalue weighted by molar-refractivity contribution is 5.99. The van der Waals surface area contributed by atoms with Gasteiger partial charge in [0.05, 0.1) is 17.1 Å². The van der Waals surface area contributed by atoms with Crippen molar-refractivity contribution in [3.8, 4) is 5.88 Å². The van der Waals surface area contributed by atoms with Crippen molar-refractivity contribution in [3.05, 3.63) is 27.9 Å². The molecule has 0 fully saturated rings. The van der Waals surface area contributed by atoms with Gasteiger partial charge in [0.15, 0.2) is 5.84 Å². The monoisotopic (exact) mass is 270 g/mol. The molecule has 0 aliphatic rings. The third kappa shape index (κ3) is 4.07. The molecule has 0 spiro atoms. The van der Waals surface area contributed by atoms with Crippen LogP contribution in [-0.4, -0.2) is 40.8 Å². The SMILES string of the molecule is CCOCCOc1ncc([N+](=O)[O-])cc1C(N)=NO. The molecule has 0 unspecified atom stereocenters. The summed E-state index contributed by atoms with van der Waals surface area (Å²) in [5.74, 6) is -0.275. The summed E-state index contributed by atoms with van der Waals surface area (Å²) in [6, 6.07) is 1.12. The Hall–Kier alpha value is -2.42. The highest BCUT2D eigenvalue weighted by Crippen LogP contribution is 2.20. The molecule has 9 nitrogen and oxygen atoms in total. The van der Waals surface area contributed by atoms with E-state index < -0.39 is 4.92 Å². The van der Waals surface area contributed by atoms with Gasteiger partial charge < -0.3 is 20.4 Å². The summed E-state index contributed by atoms with van der Waals surface area (Å²) in [5, 5.41) is 22.1. The van der Waals surface area contributed by atoms with Crippen LogP contribution in [-0.2, 0) is 4.74 Å². The van der Waals surface area contributed by atoms with E-state index in [-0.39, 0.29) is 29.6 Å². The minimum atomic E-state index is -0.634. The average molecular weight is 270 g/mol. The maximum atomic E-state index is 10.6. The first-order valence-corrected chi connectivity index (χ1v) is 5.43. The molecule has 0 aromatic carbocycles. The Balaban J connectivity index is 2.93. The second-order valence-corrected chi connectivity index (χ2v) is 3.33. The van der Waals surface area contributed by atoms with Gasteiger partial charge in [-0.2, -0.15) is 0 Å². The smallest absolute Gasteiger partial charge is 0.288 e. The van der Waals surface area contributed by atoms with Gasteiger partial charge in [0.2, 0.25) is 5.88 Å². The lowest BCUT2D eigenvalue weighted by Crippen LogP contribution is -2.17. The molecule has 0 bridgehead atoms. The molecule has 104 valence electrons. The fourth-order valence-corrected chi connectivity index (χ4v) is 1.24. The van der Waals surface area contributed by atoms with Gasteiger partial charge in [-0.25, -0.2) is 4.98 Å². The third-order valence-corrected chi connectivity index (χ3v) is 2.10. The normalized spacial score (nSPS) is 11.3. The fraction of sp³-hybridized carbons (Fsp3) is 0.400. The lowest BCUT2D eigenvalue weighted by atomic mass is 10.2. The fourth-order valence-electron chi connectivity index (χ4n) is 1.24. The van der Waals surface area contributed by atoms with Crippen LogP contribution in [0, 0.1) is 10.1 Å². The van der Waals surface area contributed by atoms with E-state index in [1.165, 1.54) is 0 Å². The summed E-state index contributed by atoms with van der Waals surface area (Å²) in [7, 11) is 0. The van der Waals surface area contributed by atoms with Crippen molar-refractivity contribution < 1.29 is 19.6 Å². The molecule has 0 aliphatic carbocycles. The van der Waals surface area contributed by atoms with Crippen LogP contribution in [0.25, 0.3) is 0 Å². The minimum absolute atomic E-state index is 0.0422. The van der Waals surface area contributed by atoms with Crippen LogP contribution in [0.3, 0.4) is 0 Å². The number of rotatable bonds is 7. The van der Waals surface area contributed by atoms with Crippen molar-refractivity contribution in [3.63, 3.8) is 0 Å². The second kappa shape index (κ2) is 7.11. The van der Waals surface area contributed by atoms with Crippen LogP contribution in [0.4, 0.5) is 5.69 Å². The first kappa shape index (κ1) is 14.6. The molecular weight excluding hydrogens is 256 g/mol. The zero-order chi connectivity index (χ0) is 14.3. The Bertz CT molecular complexity index is 477. The molecular formula is C10H14N4O5. The van der Waals surface area contributed by atoms with Gasteiger partial charge >= 0.3 is 0 Å². The molecule has 0 amide bonds. The molecule has 0 saturated heterocycles. The van der Waals surface area contributed by atoms with Crippen LogP contribution in [0.15, 0.2) is 17.4 Å². The van der Waals surface area contributed by atoms with E-state index in [1.54, 1.807) is 0 Å². The van der Waals surface area contributed by atoms with Crippen LogP contribution in [0.2, 0.25) is 0 Å². The Morgan fingerprint density at radius 3 is 2.95 bits per heavy atom. The van der Waals surface area contributed by atoms with Gasteiger partial charge in [0, 0.05) is 12.7 Å². The summed E-state index contributed by atoms with van der Waals surface area (Å²) in [6.45, 7) is 2.92. The van der Waals surface area contributed by atoms with Crippen LogP contribution in [0.5, 0.6) is 5.88 Å². The Kier molecular flexibility index (Phi) is 5.48. The summed E-state index contributed by atoms with van der Waals surface area (Å²) in [4.78, 5) is 13.8. The van der Waals surface area contributed by atoms with E-state index in [0.29, 0.717) is 13.2 Å². The van der Waals surface area contributed by atoms with Crippen LogP contribution < -0.4 is 10.5 Å². The summed E-state index contributed by atoms with van der Waals surface area (Å²) in [6.07, 6.45) is 1.03. The van der Waals surface area contributed by atoms with Gasteiger partial charge in [0.25, 0.3) is 5.69 Å². The predicted molar refractivity (Wildman–Crippen MR) is 65.4 cm³/mol.